The maximum atomic E-state index is 13.2. The summed E-state index contributed by atoms with van der Waals surface area (Å²) in [5, 5.41) is 6.88. The zero-order valence-electron chi connectivity index (χ0n) is 18.6. The Hall–Kier alpha value is -1.64. The van der Waals surface area contributed by atoms with Crippen LogP contribution >= 0.6 is 0 Å². The van der Waals surface area contributed by atoms with Gasteiger partial charge in [-0.25, -0.2) is 8.42 Å². The van der Waals surface area contributed by atoms with E-state index in [4.69, 9.17) is 0 Å². The van der Waals surface area contributed by atoms with Crippen LogP contribution in [0.3, 0.4) is 0 Å². The maximum absolute atomic E-state index is 13.2. The molecule has 1 aromatic carbocycles. The van der Waals surface area contributed by atoms with E-state index in [9.17, 15) is 8.42 Å². The number of hydrogen-bond donors (Lipinski definition) is 2. The van der Waals surface area contributed by atoms with Gasteiger partial charge < -0.3 is 15.5 Å². The summed E-state index contributed by atoms with van der Waals surface area (Å²) in [6, 6.07) is 7.72. The summed E-state index contributed by atoms with van der Waals surface area (Å²) < 4.78 is 28.1. The molecule has 3 rings (SSSR count). The summed E-state index contributed by atoms with van der Waals surface area (Å²) in [4.78, 5) is 6.91. The van der Waals surface area contributed by atoms with Gasteiger partial charge in [0.05, 0.1) is 4.90 Å². The maximum Gasteiger partial charge on any atom is 0.243 e. The van der Waals surface area contributed by atoms with E-state index in [1.165, 1.54) is 25.7 Å². The van der Waals surface area contributed by atoms with Crippen molar-refractivity contribution in [3.05, 3.63) is 29.8 Å². The van der Waals surface area contributed by atoms with Crippen LogP contribution < -0.4 is 10.6 Å². The first-order chi connectivity index (χ1) is 14.4. The van der Waals surface area contributed by atoms with Crippen LogP contribution in [-0.4, -0.2) is 69.9 Å². The fraction of sp³-hybridized carbons (Fsp3) is 0.682. The highest BCUT2D eigenvalue weighted by Gasteiger charge is 2.29. The Balaban J connectivity index is 1.65. The van der Waals surface area contributed by atoms with E-state index in [2.05, 4.69) is 27.4 Å². The molecule has 2 N–H and O–H groups in total. The minimum Gasteiger partial charge on any atom is -0.354 e. The zero-order valence-corrected chi connectivity index (χ0v) is 19.4. The molecule has 0 amide bonds. The molecular weight excluding hydrogens is 398 g/mol. The Labute approximate surface area is 182 Å². The first-order valence-electron chi connectivity index (χ1n) is 11.2. The molecule has 1 aliphatic carbocycles. The number of nitrogens with zero attached hydrogens (tertiary/aromatic N) is 3. The van der Waals surface area contributed by atoms with Gasteiger partial charge in [0, 0.05) is 45.8 Å². The van der Waals surface area contributed by atoms with Crippen LogP contribution in [-0.2, 0) is 16.6 Å². The van der Waals surface area contributed by atoms with Crippen molar-refractivity contribution >= 4 is 16.0 Å². The number of piperazine rings is 1. The molecule has 8 heteroatoms. The van der Waals surface area contributed by atoms with Gasteiger partial charge in [-0.2, -0.15) is 4.31 Å². The van der Waals surface area contributed by atoms with Crippen LogP contribution in [0.15, 0.2) is 34.2 Å². The molecule has 1 heterocycles. The highest BCUT2D eigenvalue weighted by molar-refractivity contribution is 7.89. The number of aliphatic imine (C=N–C) groups is 1. The largest absolute Gasteiger partial charge is 0.354 e. The van der Waals surface area contributed by atoms with E-state index in [0.717, 1.165) is 37.0 Å². The second kappa shape index (κ2) is 10.6. The molecule has 2 fully saturated rings. The molecule has 2 unspecified atom stereocenters. The number of sulfonamides is 1. The lowest BCUT2D eigenvalue weighted by molar-refractivity contribution is 0.222. The topological polar surface area (TPSA) is 77.0 Å². The van der Waals surface area contributed by atoms with E-state index in [1.807, 2.05) is 19.2 Å². The van der Waals surface area contributed by atoms with E-state index >= 15 is 0 Å². The molecule has 1 aliphatic heterocycles. The highest BCUT2D eigenvalue weighted by atomic mass is 32.2. The molecule has 7 nitrogen and oxygen atoms in total. The Kier molecular flexibility index (Phi) is 8.13. The first kappa shape index (κ1) is 23.0. The highest BCUT2D eigenvalue weighted by Crippen LogP contribution is 2.26. The Morgan fingerprint density at radius 1 is 1.17 bits per heavy atom. The SMILES string of the molecule is CCC1CCCC(NC(=NC)NCc2ccccc2S(=O)(=O)N2CCN(C)CC2)C1. The lowest BCUT2D eigenvalue weighted by Gasteiger charge is -2.32. The van der Waals surface area contributed by atoms with Crippen LogP contribution in [0, 0.1) is 5.92 Å². The summed E-state index contributed by atoms with van der Waals surface area (Å²) in [7, 11) is 0.287. The lowest BCUT2D eigenvalue weighted by atomic mass is 9.84. The molecule has 0 bridgehead atoms. The summed E-state index contributed by atoms with van der Waals surface area (Å²) >= 11 is 0. The van der Waals surface area contributed by atoms with E-state index in [-0.39, 0.29) is 0 Å². The standard InChI is InChI=1S/C22H37N5O2S/c1-4-18-8-7-10-20(16-18)25-22(23-2)24-17-19-9-5-6-11-21(19)30(28,29)27-14-12-26(3)13-15-27/h5-6,9,11,18,20H,4,7-8,10,12-17H2,1-3H3,(H2,23,24,25). The third kappa shape index (κ3) is 5.74. The van der Waals surface area contributed by atoms with Crippen LogP contribution in [0.25, 0.3) is 0 Å². The number of likely N-dealkylation sites (N-methyl/N-ethyl adjacent to an activating group) is 1. The van der Waals surface area contributed by atoms with Gasteiger partial charge in [0.25, 0.3) is 0 Å². The first-order valence-corrected chi connectivity index (χ1v) is 12.6. The average Bonchev–Trinajstić information content (AvgIpc) is 2.77. The predicted molar refractivity (Wildman–Crippen MR) is 122 cm³/mol. The molecule has 2 atom stereocenters. The van der Waals surface area contributed by atoms with Gasteiger partial charge in [0.15, 0.2) is 5.96 Å². The van der Waals surface area contributed by atoms with Crippen LogP contribution in [0.1, 0.15) is 44.6 Å². The van der Waals surface area contributed by atoms with E-state index in [0.29, 0.717) is 30.6 Å². The summed E-state index contributed by atoms with van der Waals surface area (Å²) in [5.74, 6) is 1.52. The van der Waals surface area contributed by atoms with Gasteiger partial charge in [-0.3, -0.25) is 4.99 Å². The predicted octanol–water partition coefficient (Wildman–Crippen LogP) is 2.26. The number of rotatable bonds is 6. The van der Waals surface area contributed by atoms with Crippen LogP contribution in [0.5, 0.6) is 0 Å². The quantitative estimate of drug-likeness (QED) is 0.529. The summed E-state index contributed by atoms with van der Waals surface area (Å²) in [5.41, 5.74) is 0.773. The lowest BCUT2D eigenvalue weighted by Crippen LogP contribution is -2.47. The summed E-state index contributed by atoms with van der Waals surface area (Å²) in [6.07, 6.45) is 6.12. The van der Waals surface area contributed by atoms with Crippen molar-refractivity contribution in [2.45, 2.75) is 56.5 Å². The van der Waals surface area contributed by atoms with Crippen molar-refractivity contribution in [1.82, 2.24) is 19.8 Å². The second-order valence-electron chi connectivity index (χ2n) is 8.52. The third-order valence-electron chi connectivity index (χ3n) is 6.42. The average molecular weight is 436 g/mol. The Bertz CT molecular complexity index is 819. The third-order valence-corrected chi connectivity index (χ3v) is 8.42. The minimum atomic E-state index is -3.50. The monoisotopic (exact) mass is 435 g/mol. The van der Waals surface area contributed by atoms with Crippen molar-refractivity contribution in [3.8, 4) is 0 Å². The molecule has 1 saturated heterocycles. The molecule has 1 aromatic rings. The van der Waals surface area contributed by atoms with E-state index in [1.54, 1.807) is 23.5 Å². The number of guanidine groups is 1. The van der Waals surface area contributed by atoms with Crippen LogP contribution in [0.2, 0.25) is 0 Å². The molecule has 168 valence electrons. The van der Waals surface area contributed by atoms with Gasteiger partial charge in [-0.1, -0.05) is 44.4 Å². The van der Waals surface area contributed by atoms with Crippen molar-refractivity contribution in [3.63, 3.8) is 0 Å². The van der Waals surface area contributed by atoms with Gasteiger partial charge >= 0.3 is 0 Å². The van der Waals surface area contributed by atoms with Crippen molar-refractivity contribution < 1.29 is 8.42 Å². The Morgan fingerprint density at radius 3 is 2.60 bits per heavy atom. The molecule has 1 saturated carbocycles. The number of hydrogen-bond acceptors (Lipinski definition) is 4. The van der Waals surface area contributed by atoms with Crippen molar-refractivity contribution in [2.75, 3.05) is 40.3 Å². The van der Waals surface area contributed by atoms with Crippen molar-refractivity contribution in [2.24, 2.45) is 10.9 Å². The fourth-order valence-electron chi connectivity index (χ4n) is 4.43. The Morgan fingerprint density at radius 2 is 1.90 bits per heavy atom. The van der Waals surface area contributed by atoms with Gasteiger partial charge in [-0.15, -0.1) is 0 Å². The number of nitrogens with one attached hydrogen (secondary N) is 2. The molecule has 30 heavy (non-hydrogen) atoms. The molecule has 0 aromatic heterocycles. The van der Waals surface area contributed by atoms with Gasteiger partial charge in [0.1, 0.15) is 0 Å². The van der Waals surface area contributed by atoms with Crippen molar-refractivity contribution in [1.29, 1.82) is 0 Å². The van der Waals surface area contributed by atoms with Crippen LogP contribution in [0.4, 0.5) is 0 Å². The zero-order chi connectivity index (χ0) is 21.6. The molecule has 0 spiro atoms. The molecule has 0 radical (unpaired) electrons. The van der Waals surface area contributed by atoms with E-state index < -0.39 is 10.0 Å². The normalized spacial score (nSPS) is 24.6. The number of benzene rings is 1. The minimum absolute atomic E-state index is 0.390. The second-order valence-corrected chi connectivity index (χ2v) is 10.4. The summed E-state index contributed by atoms with van der Waals surface area (Å²) in [6.45, 7) is 5.27. The molecule has 2 aliphatic rings. The smallest absolute Gasteiger partial charge is 0.243 e. The van der Waals surface area contributed by atoms with Gasteiger partial charge in [-0.05, 0) is 37.4 Å². The molecular formula is C22H37N5O2S. The van der Waals surface area contributed by atoms with Gasteiger partial charge in [0.2, 0.25) is 10.0 Å². The fourth-order valence-corrected chi connectivity index (χ4v) is 6.07.